The van der Waals surface area contributed by atoms with Crippen molar-refractivity contribution in [1.82, 2.24) is 15.5 Å². The zero-order valence-electron chi connectivity index (χ0n) is 7.13. The zero-order chi connectivity index (χ0) is 9.68. The summed E-state index contributed by atoms with van der Waals surface area (Å²) in [7, 11) is 0. The fourth-order valence-electron chi connectivity index (χ4n) is 0.725. The number of hydrogen-bond donors (Lipinski definition) is 3. The highest BCUT2D eigenvalue weighted by Crippen LogP contribution is 1.96. The normalized spacial score (nSPS) is 9.31. The van der Waals surface area contributed by atoms with Crippen LogP contribution in [0.3, 0.4) is 0 Å². The summed E-state index contributed by atoms with van der Waals surface area (Å²) in [5, 5.41) is 11.1. The maximum atomic E-state index is 11.0. The molecule has 0 fully saturated rings. The number of H-pyrrole nitrogens is 1. The summed E-state index contributed by atoms with van der Waals surface area (Å²) in [6, 6.07) is 1.62. The molecule has 0 aromatic carbocycles. The Morgan fingerprint density at radius 2 is 2.38 bits per heavy atom. The van der Waals surface area contributed by atoms with E-state index in [0.717, 1.165) is 0 Å². The topological polar surface area (TPSA) is 86.9 Å². The number of aromatic amines is 1. The van der Waals surface area contributed by atoms with Gasteiger partial charge in [0.05, 0.1) is 12.7 Å². The van der Waals surface area contributed by atoms with Gasteiger partial charge in [-0.15, -0.1) is 0 Å². The van der Waals surface area contributed by atoms with E-state index in [9.17, 15) is 9.59 Å². The summed E-state index contributed by atoms with van der Waals surface area (Å²) in [4.78, 5) is 21.5. The summed E-state index contributed by atoms with van der Waals surface area (Å²) >= 11 is 0. The molecule has 1 heterocycles. The second kappa shape index (κ2) is 4.24. The Morgan fingerprint density at radius 3 is 2.92 bits per heavy atom. The molecule has 70 valence electrons. The summed E-state index contributed by atoms with van der Waals surface area (Å²) < 4.78 is 0. The lowest BCUT2D eigenvalue weighted by molar-refractivity contribution is -0.122. The molecule has 0 atom stereocenters. The largest absolute Gasteiger partial charge is 0.347 e. The lowest BCUT2D eigenvalue weighted by Gasteiger charge is -2.01. The maximum absolute atomic E-state index is 11.0. The van der Waals surface area contributed by atoms with Gasteiger partial charge in [-0.25, -0.2) is 0 Å². The summed E-state index contributed by atoms with van der Waals surface area (Å²) in [6.07, 6.45) is 1.52. The van der Waals surface area contributed by atoms with Crippen LogP contribution >= 0.6 is 0 Å². The zero-order valence-corrected chi connectivity index (χ0v) is 7.13. The van der Waals surface area contributed by atoms with Crippen molar-refractivity contribution in [2.45, 2.75) is 6.92 Å². The van der Waals surface area contributed by atoms with Gasteiger partial charge in [0.2, 0.25) is 11.8 Å². The number of anilines is 1. The SMILES string of the molecule is CC(=O)NCC(=O)Nc1ccn[nH]1. The van der Waals surface area contributed by atoms with E-state index in [2.05, 4.69) is 20.8 Å². The number of amides is 2. The third-order valence-electron chi connectivity index (χ3n) is 1.27. The number of aromatic nitrogens is 2. The Labute approximate surface area is 74.7 Å². The molecular formula is C7H10N4O2. The van der Waals surface area contributed by atoms with Gasteiger partial charge in [-0.1, -0.05) is 0 Å². The number of nitrogens with one attached hydrogen (secondary N) is 3. The van der Waals surface area contributed by atoms with Crippen LogP contribution in [0.1, 0.15) is 6.92 Å². The summed E-state index contributed by atoms with van der Waals surface area (Å²) in [6.45, 7) is 1.32. The first-order valence-corrected chi connectivity index (χ1v) is 3.72. The Kier molecular flexibility index (Phi) is 3.02. The molecule has 6 nitrogen and oxygen atoms in total. The Balaban J connectivity index is 2.30. The highest BCUT2D eigenvalue weighted by atomic mass is 16.2. The van der Waals surface area contributed by atoms with E-state index < -0.39 is 0 Å². The Morgan fingerprint density at radius 1 is 1.62 bits per heavy atom. The molecule has 2 amide bonds. The molecule has 0 unspecified atom stereocenters. The highest BCUT2D eigenvalue weighted by molar-refractivity contribution is 5.93. The number of carbonyl (C=O) groups excluding carboxylic acids is 2. The molecule has 0 spiro atoms. The van der Waals surface area contributed by atoms with Crippen LogP contribution in [-0.2, 0) is 9.59 Å². The van der Waals surface area contributed by atoms with E-state index in [-0.39, 0.29) is 18.4 Å². The Hall–Kier alpha value is -1.85. The quantitative estimate of drug-likeness (QED) is 0.588. The first-order chi connectivity index (χ1) is 6.18. The van der Waals surface area contributed by atoms with E-state index in [1.165, 1.54) is 13.1 Å². The number of nitrogens with zero attached hydrogens (tertiary/aromatic N) is 1. The van der Waals surface area contributed by atoms with Gasteiger partial charge in [0.1, 0.15) is 5.82 Å². The van der Waals surface area contributed by atoms with E-state index in [1.807, 2.05) is 0 Å². The third kappa shape index (κ3) is 3.37. The van der Waals surface area contributed by atoms with Gasteiger partial charge in [0, 0.05) is 13.0 Å². The Bertz CT molecular complexity index is 293. The van der Waals surface area contributed by atoms with Gasteiger partial charge in [0.25, 0.3) is 0 Å². The van der Waals surface area contributed by atoms with Crippen LogP contribution in [-0.4, -0.2) is 28.6 Å². The predicted octanol–water partition coefficient (Wildman–Crippen LogP) is -0.516. The molecule has 3 N–H and O–H groups in total. The van der Waals surface area contributed by atoms with Crippen molar-refractivity contribution in [3.63, 3.8) is 0 Å². The van der Waals surface area contributed by atoms with E-state index in [1.54, 1.807) is 6.07 Å². The molecule has 0 aliphatic rings. The van der Waals surface area contributed by atoms with Crippen LogP contribution in [0.5, 0.6) is 0 Å². The smallest absolute Gasteiger partial charge is 0.244 e. The molecule has 6 heteroatoms. The lowest BCUT2D eigenvalue weighted by atomic mass is 10.5. The molecule has 1 rings (SSSR count). The van der Waals surface area contributed by atoms with Crippen molar-refractivity contribution in [3.8, 4) is 0 Å². The van der Waals surface area contributed by atoms with Crippen molar-refractivity contribution >= 4 is 17.6 Å². The summed E-state index contributed by atoms with van der Waals surface area (Å²) in [5.41, 5.74) is 0. The van der Waals surface area contributed by atoms with Crippen molar-refractivity contribution in [2.75, 3.05) is 11.9 Å². The van der Waals surface area contributed by atoms with Crippen LogP contribution in [0.2, 0.25) is 0 Å². The predicted molar refractivity (Wildman–Crippen MR) is 45.9 cm³/mol. The average Bonchev–Trinajstić information content (AvgIpc) is 2.53. The fourth-order valence-corrected chi connectivity index (χ4v) is 0.725. The van der Waals surface area contributed by atoms with Gasteiger partial charge in [-0.3, -0.25) is 14.7 Å². The van der Waals surface area contributed by atoms with Crippen LogP contribution in [0.25, 0.3) is 0 Å². The molecule has 0 radical (unpaired) electrons. The van der Waals surface area contributed by atoms with E-state index in [4.69, 9.17) is 0 Å². The van der Waals surface area contributed by atoms with Crippen molar-refractivity contribution in [3.05, 3.63) is 12.3 Å². The molecule has 1 aromatic rings. The van der Waals surface area contributed by atoms with Gasteiger partial charge >= 0.3 is 0 Å². The van der Waals surface area contributed by atoms with Crippen LogP contribution < -0.4 is 10.6 Å². The third-order valence-corrected chi connectivity index (χ3v) is 1.27. The van der Waals surface area contributed by atoms with Gasteiger partial charge in [-0.05, 0) is 0 Å². The molecule has 1 aromatic heterocycles. The maximum Gasteiger partial charge on any atom is 0.244 e. The van der Waals surface area contributed by atoms with Crippen molar-refractivity contribution < 1.29 is 9.59 Å². The highest BCUT2D eigenvalue weighted by Gasteiger charge is 2.02. The van der Waals surface area contributed by atoms with Crippen LogP contribution in [0.4, 0.5) is 5.82 Å². The monoisotopic (exact) mass is 182 g/mol. The second-order valence-corrected chi connectivity index (χ2v) is 2.43. The molecule has 0 saturated carbocycles. The molecule has 0 saturated heterocycles. The summed E-state index contributed by atoms with van der Waals surface area (Å²) in [5.74, 6) is -0.0189. The van der Waals surface area contributed by atoms with E-state index >= 15 is 0 Å². The minimum atomic E-state index is -0.292. The molecular weight excluding hydrogens is 172 g/mol. The van der Waals surface area contributed by atoms with Crippen molar-refractivity contribution in [1.29, 1.82) is 0 Å². The average molecular weight is 182 g/mol. The second-order valence-electron chi connectivity index (χ2n) is 2.43. The molecule has 13 heavy (non-hydrogen) atoms. The first kappa shape index (κ1) is 9.24. The van der Waals surface area contributed by atoms with E-state index in [0.29, 0.717) is 5.82 Å². The van der Waals surface area contributed by atoms with Crippen molar-refractivity contribution in [2.24, 2.45) is 0 Å². The minimum absolute atomic E-state index is 0.0334. The van der Waals surface area contributed by atoms with Crippen LogP contribution in [0, 0.1) is 0 Å². The number of carbonyl (C=O) groups is 2. The van der Waals surface area contributed by atoms with Gasteiger partial charge < -0.3 is 10.6 Å². The minimum Gasteiger partial charge on any atom is -0.347 e. The van der Waals surface area contributed by atoms with Gasteiger partial charge in [-0.2, -0.15) is 5.10 Å². The standard InChI is InChI=1S/C7H10N4O2/c1-5(12)8-4-7(13)10-6-2-3-9-11-6/h2-3H,4H2,1H3,(H,8,12)(H2,9,10,11,13). The van der Waals surface area contributed by atoms with Gasteiger partial charge in [0.15, 0.2) is 0 Å². The lowest BCUT2D eigenvalue weighted by Crippen LogP contribution is -2.31. The molecule has 0 aliphatic heterocycles. The number of hydrogen-bond acceptors (Lipinski definition) is 3. The number of rotatable bonds is 3. The van der Waals surface area contributed by atoms with Crippen LogP contribution in [0.15, 0.2) is 12.3 Å². The first-order valence-electron chi connectivity index (χ1n) is 3.72. The molecule has 0 bridgehead atoms. The molecule has 0 aliphatic carbocycles. The fraction of sp³-hybridized carbons (Fsp3) is 0.286.